The molecule has 0 radical (unpaired) electrons. The zero-order chi connectivity index (χ0) is 31.3. The minimum absolute atomic E-state index is 0.0619. The number of methoxy groups -OCH3 is 2. The highest BCUT2D eigenvalue weighted by Crippen LogP contribution is 2.42. The highest BCUT2D eigenvalue weighted by atomic mass is 35.5. The molecule has 224 valence electrons. The number of rotatable bonds is 8. The molecular weight excluding hydrogens is 575 g/mol. The SMILES string of the molecule is CCOC(=O)C(C)(C)OC(=O)Cc1c(Cl)cc(C)cc1OC.COc1cc(C)cc(Cl)c1C1=C(O)C(C)(C)OC1=O. The summed E-state index contributed by atoms with van der Waals surface area (Å²) in [5.74, 6) is -0.974. The van der Waals surface area contributed by atoms with E-state index in [-0.39, 0.29) is 24.4 Å². The largest absolute Gasteiger partial charge is 0.507 e. The number of carbonyl (C=O) groups excluding carboxylic acids is 3. The number of carbonyl (C=O) groups is 3. The van der Waals surface area contributed by atoms with Gasteiger partial charge in [0.25, 0.3) is 0 Å². The number of aryl methyl sites for hydroxylation is 2. The maximum Gasteiger partial charge on any atom is 0.349 e. The molecule has 1 aliphatic rings. The van der Waals surface area contributed by atoms with Gasteiger partial charge in [-0.05, 0) is 83.9 Å². The van der Waals surface area contributed by atoms with Gasteiger partial charge in [0.1, 0.15) is 17.1 Å². The number of ether oxygens (including phenoxy) is 5. The predicted octanol–water partition coefficient (Wildman–Crippen LogP) is 6.35. The van der Waals surface area contributed by atoms with E-state index in [2.05, 4.69) is 0 Å². The van der Waals surface area contributed by atoms with Gasteiger partial charge in [0.05, 0.1) is 37.8 Å². The predicted molar refractivity (Wildman–Crippen MR) is 156 cm³/mol. The number of hydrogen-bond acceptors (Lipinski definition) is 9. The van der Waals surface area contributed by atoms with Crippen LogP contribution in [-0.4, -0.2) is 55.0 Å². The van der Waals surface area contributed by atoms with E-state index in [1.165, 1.54) is 28.1 Å². The van der Waals surface area contributed by atoms with Gasteiger partial charge in [0.2, 0.25) is 5.60 Å². The first-order valence-electron chi connectivity index (χ1n) is 12.7. The first-order valence-corrected chi connectivity index (χ1v) is 13.5. The summed E-state index contributed by atoms with van der Waals surface area (Å²) in [6.07, 6.45) is -0.0921. The molecule has 0 spiro atoms. The molecule has 2 aromatic carbocycles. The van der Waals surface area contributed by atoms with Crippen LogP contribution in [0.5, 0.6) is 11.5 Å². The normalized spacial score (nSPS) is 14.1. The second-order valence-electron chi connectivity index (χ2n) is 10.3. The minimum Gasteiger partial charge on any atom is -0.507 e. The second kappa shape index (κ2) is 13.5. The Labute approximate surface area is 250 Å². The summed E-state index contributed by atoms with van der Waals surface area (Å²) in [4.78, 5) is 35.8. The van der Waals surface area contributed by atoms with Crippen LogP contribution in [0.1, 0.15) is 56.9 Å². The van der Waals surface area contributed by atoms with Gasteiger partial charge in [-0.25, -0.2) is 9.59 Å². The molecule has 0 aliphatic carbocycles. The highest BCUT2D eigenvalue weighted by molar-refractivity contribution is 6.35. The van der Waals surface area contributed by atoms with Crippen molar-refractivity contribution in [2.45, 2.75) is 66.1 Å². The smallest absolute Gasteiger partial charge is 0.349 e. The summed E-state index contributed by atoms with van der Waals surface area (Å²) in [6, 6.07) is 6.98. The van der Waals surface area contributed by atoms with Gasteiger partial charge >= 0.3 is 17.9 Å². The Bertz CT molecular complexity index is 1360. The third-order valence-electron chi connectivity index (χ3n) is 6.00. The second-order valence-corrected chi connectivity index (χ2v) is 11.1. The lowest BCUT2D eigenvalue weighted by Crippen LogP contribution is -2.39. The first kappa shape index (κ1) is 33.8. The van der Waals surface area contributed by atoms with Crippen LogP contribution in [-0.2, 0) is 35.0 Å². The Morgan fingerprint density at radius 1 is 0.976 bits per heavy atom. The number of esters is 3. The molecule has 0 bridgehead atoms. The average molecular weight is 612 g/mol. The van der Waals surface area contributed by atoms with Gasteiger partial charge < -0.3 is 28.8 Å². The van der Waals surface area contributed by atoms with Crippen molar-refractivity contribution < 1.29 is 43.2 Å². The van der Waals surface area contributed by atoms with Crippen LogP contribution in [0.4, 0.5) is 0 Å². The zero-order valence-electron chi connectivity index (χ0n) is 24.7. The Kier molecular flexibility index (Phi) is 11.1. The molecule has 0 saturated carbocycles. The molecule has 0 unspecified atom stereocenters. The van der Waals surface area contributed by atoms with Crippen molar-refractivity contribution in [3.05, 3.63) is 62.3 Å². The van der Waals surface area contributed by atoms with Crippen LogP contribution in [0.15, 0.2) is 30.0 Å². The topological polar surface area (TPSA) is 118 Å². The fraction of sp³-hybridized carbons (Fsp3) is 0.433. The number of halogens is 2. The molecule has 9 nitrogen and oxygen atoms in total. The number of aliphatic hydroxyl groups is 1. The van der Waals surface area contributed by atoms with Gasteiger partial charge in [0, 0.05) is 10.6 Å². The van der Waals surface area contributed by atoms with E-state index in [1.807, 2.05) is 13.8 Å². The monoisotopic (exact) mass is 610 g/mol. The summed E-state index contributed by atoms with van der Waals surface area (Å²) in [5, 5.41) is 10.9. The zero-order valence-corrected chi connectivity index (χ0v) is 26.2. The molecule has 1 aliphatic heterocycles. The number of hydrogen-bond donors (Lipinski definition) is 1. The van der Waals surface area contributed by atoms with Crippen molar-refractivity contribution in [3.8, 4) is 11.5 Å². The van der Waals surface area contributed by atoms with Crippen molar-refractivity contribution in [2.75, 3.05) is 20.8 Å². The van der Waals surface area contributed by atoms with Crippen molar-refractivity contribution >= 4 is 46.7 Å². The number of aliphatic hydroxyl groups excluding tert-OH is 1. The van der Waals surface area contributed by atoms with E-state index in [0.29, 0.717) is 32.7 Å². The van der Waals surface area contributed by atoms with Gasteiger partial charge in [-0.15, -0.1) is 0 Å². The van der Waals surface area contributed by atoms with Crippen LogP contribution in [0, 0.1) is 13.8 Å². The summed E-state index contributed by atoms with van der Waals surface area (Å²) < 4.78 is 25.7. The summed E-state index contributed by atoms with van der Waals surface area (Å²) in [5.41, 5.74) is 0.375. The fourth-order valence-electron chi connectivity index (χ4n) is 3.97. The summed E-state index contributed by atoms with van der Waals surface area (Å²) >= 11 is 12.3. The Morgan fingerprint density at radius 2 is 1.51 bits per heavy atom. The average Bonchev–Trinajstić information content (AvgIpc) is 3.06. The van der Waals surface area contributed by atoms with Crippen molar-refractivity contribution in [2.24, 2.45) is 0 Å². The molecule has 41 heavy (non-hydrogen) atoms. The molecule has 0 amide bonds. The van der Waals surface area contributed by atoms with Gasteiger partial charge in [-0.2, -0.15) is 0 Å². The molecule has 0 aromatic heterocycles. The lowest BCUT2D eigenvalue weighted by atomic mass is 9.98. The molecule has 0 atom stereocenters. The van der Waals surface area contributed by atoms with Crippen LogP contribution >= 0.6 is 23.2 Å². The quantitative estimate of drug-likeness (QED) is 0.269. The Hall–Kier alpha value is -3.43. The molecule has 11 heteroatoms. The van der Waals surface area contributed by atoms with Crippen LogP contribution in [0.3, 0.4) is 0 Å². The van der Waals surface area contributed by atoms with Gasteiger partial charge in [-0.3, -0.25) is 4.79 Å². The molecule has 2 aromatic rings. The minimum atomic E-state index is -1.35. The first-order chi connectivity index (χ1) is 19.0. The molecular formula is C30H36Cl2O9. The van der Waals surface area contributed by atoms with Crippen LogP contribution < -0.4 is 9.47 Å². The van der Waals surface area contributed by atoms with E-state index in [0.717, 1.165) is 11.1 Å². The molecule has 0 saturated heterocycles. The Morgan fingerprint density at radius 3 is 2.00 bits per heavy atom. The van der Waals surface area contributed by atoms with E-state index < -0.39 is 29.1 Å². The van der Waals surface area contributed by atoms with E-state index >= 15 is 0 Å². The summed E-state index contributed by atoms with van der Waals surface area (Å²) in [7, 11) is 2.99. The molecule has 1 N–H and O–H groups in total. The van der Waals surface area contributed by atoms with Crippen molar-refractivity contribution in [1.29, 1.82) is 0 Å². The molecule has 1 heterocycles. The lowest BCUT2D eigenvalue weighted by molar-refractivity contribution is -0.177. The maximum absolute atomic E-state index is 12.1. The standard InChI is InChI=1S/C16H21ClO5.C14H15ClO4/c1-6-21-15(19)16(3,4)22-14(18)9-11-12(17)7-10(2)8-13(11)20-5;1-7-5-8(15)10(9(6-7)18-4)11-12(16)14(2,3)19-13(11)17/h7-8H,6,9H2,1-5H3;5-6,16H,1-4H3. The van der Waals surface area contributed by atoms with E-state index in [4.69, 9.17) is 46.9 Å². The van der Waals surface area contributed by atoms with Crippen LogP contribution in [0.2, 0.25) is 10.0 Å². The number of benzene rings is 2. The van der Waals surface area contributed by atoms with Gasteiger partial charge in [-0.1, -0.05) is 23.2 Å². The third-order valence-corrected chi connectivity index (χ3v) is 6.64. The van der Waals surface area contributed by atoms with E-state index in [9.17, 15) is 19.5 Å². The molecule has 3 rings (SSSR count). The third kappa shape index (κ3) is 8.07. The van der Waals surface area contributed by atoms with Gasteiger partial charge in [0.15, 0.2) is 11.4 Å². The summed E-state index contributed by atoms with van der Waals surface area (Å²) in [6.45, 7) is 11.8. The lowest BCUT2D eigenvalue weighted by Gasteiger charge is -2.23. The Balaban J connectivity index is 0.000000289. The maximum atomic E-state index is 12.1. The molecule has 0 fully saturated rings. The fourth-order valence-corrected chi connectivity index (χ4v) is 4.66. The van der Waals surface area contributed by atoms with Crippen molar-refractivity contribution in [1.82, 2.24) is 0 Å². The van der Waals surface area contributed by atoms with Crippen molar-refractivity contribution in [3.63, 3.8) is 0 Å². The highest BCUT2D eigenvalue weighted by Gasteiger charge is 2.43. The van der Waals surface area contributed by atoms with Crippen LogP contribution in [0.25, 0.3) is 5.57 Å². The van der Waals surface area contributed by atoms with E-state index in [1.54, 1.807) is 45.0 Å². The number of cyclic esters (lactones) is 1.